The van der Waals surface area contributed by atoms with Gasteiger partial charge in [0.2, 0.25) is 0 Å². The molecule has 6 heteroatoms. The zero-order chi connectivity index (χ0) is 17.3. The van der Waals surface area contributed by atoms with Gasteiger partial charge in [-0.25, -0.2) is 0 Å². The van der Waals surface area contributed by atoms with Crippen LogP contribution in [0.25, 0.3) is 0 Å². The molecule has 0 aliphatic heterocycles. The summed E-state index contributed by atoms with van der Waals surface area (Å²) in [6.07, 6.45) is 6.26. The highest BCUT2D eigenvalue weighted by molar-refractivity contribution is 7.89. The first-order valence-corrected chi connectivity index (χ1v) is 9.76. The molecular formula is C16H30O5S. The predicted molar refractivity (Wildman–Crippen MR) is 88.1 cm³/mol. The number of esters is 1. The summed E-state index contributed by atoms with van der Waals surface area (Å²) < 4.78 is 15.0. The van der Waals surface area contributed by atoms with Crippen molar-refractivity contribution in [3.05, 3.63) is 0 Å². The van der Waals surface area contributed by atoms with Gasteiger partial charge in [-0.3, -0.25) is 9.59 Å². The number of hydrogen-bond acceptors (Lipinski definition) is 4. The summed E-state index contributed by atoms with van der Waals surface area (Å²) in [5.74, 6) is 0.161. The third-order valence-electron chi connectivity index (χ3n) is 3.79. The van der Waals surface area contributed by atoms with Gasteiger partial charge in [-0.1, -0.05) is 38.4 Å². The molecule has 1 aliphatic rings. The SMILES string of the molecule is CC1CCC(C(C)C)C(OC(=O)CCC(=O)O)C1.C[S+](C)[O-]. The van der Waals surface area contributed by atoms with E-state index in [-0.39, 0.29) is 24.9 Å². The summed E-state index contributed by atoms with van der Waals surface area (Å²) in [4.78, 5) is 22.0. The Morgan fingerprint density at radius 1 is 1.27 bits per heavy atom. The normalized spacial score (nSPS) is 24.6. The Balaban J connectivity index is 0.000000980. The molecule has 0 radical (unpaired) electrons. The van der Waals surface area contributed by atoms with Crippen molar-refractivity contribution in [3.63, 3.8) is 0 Å². The van der Waals surface area contributed by atoms with Crippen LogP contribution in [0.1, 0.15) is 52.9 Å². The van der Waals surface area contributed by atoms with Crippen molar-refractivity contribution in [2.45, 2.75) is 59.0 Å². The Morgan fingerprint density at radius 3 is 2.27 bits per heavy atom. The molecule has 1 saturated carbocycles. The second kappa shape index (κ2) is 10.9. The lowest BCUT2D eigenvalue weighted by atomic mass is 9.75. The molecule has 1 rings (SSSR count). The van der Waals surface area contributed by atoms with Gasteiger partial charge in [0, 0.05) is 0 Å². The van der Waals surface area contributed by atoms with E-state index in [4.69, 9.17) is 9.84 Å². The highest BCUT2D eigenvalue weighted by atomic mass is 32.2. The molecule has 0 amide bonds. The third-order valence-corrected chi connectivity index (χ3v) is 3.79. The van der Waals surface area contributed by atoms with Crippen LogP contribution in [-0.2, 0) is 25.5 Å². The van der Waals surface area contributed by atoms with Gasteiger partial charge in [0.1, 0.15) is 6.10 Å². The Labute approximate surface area is 137 Å². The van der Waals surface area contributed by atoms with E-state index in [1.165, 1.54) is 6.42 Å². The van der Waals surface area contributed by atoms with Gasteiger partial charge in [-0.2, -0.15) is 0 Å². The van der Waals surface area contributed by atoms with Crippen LogP contribution in [0, 0.1) is 17.8 Å². The summed E-state index contributed by atoms with van der Waals surface area (Å²) in [6.45, 7) is 6.48. The molecule has 0 aromatic rings. The van der Waals surface area contributed by atoms with E-state index in [9.17, 15) is 14.1 Å². The van der Waals surface area contributed by atoms with E-state index >= 15 is 0 Å². The average molecular weight is 334 g/mol. The summed E-state index contributed by atoms with van der Waals surface area (Å²) in [5, 5.41) is 8.54. The molecular weight excluding hydrogens is 304 g/mol. The van der Waals surface area contributed by atoms with Gasteiger partial charge in [0.15, 0.2) is 0 Å². The Hall–Kier alpha value is -0.750. The molecule has 0 aromatic heterocycles. The van der Waals surface area contributed by atoms with Crippen LogP contribution in [0.2, 0.25) is 0 Å². The number of aliphatic carboxylic acids is 1. The van der Waals surface area contributed by atoms with E-state index in [0.717, 1.165) is 12.8 Å². The molecule has 3 unspecified atom stereocenters. The van der Waals surface area contributed by atoms with Crippen molar-refractivity contribution < 1.29 is 24.0 Å². The first kappa shape index (κ1) is 21.2. The molecule has 130 valence electrons. The fourth-order valence-corrected chi connectivity index (χ4v) is 2.69. The second-order valence-electron chi connectivity index (χ2n) is 6.49. The summed E-state index contributed by atoms with van der Waals surface area (Å²) in [6, 6.07) is 0. The van der Waals surface area contributed by atoms with Crippen molar-refractivity contribution in [1.82, 2.24) is 0 Å². The van der Waals surface area contributed by atoms with Crippen LogP contribution < -0.4 is 0 Å². The topological polar surface area (TPSA) is 86.7 Å². The van der Waals surface area contributed by atoms with E-state index < -0.39 is 17.1 Å². The molecule has 22 heavy (non-hydrogen) atoms. The minimum atomic E-state index is -0.954. The molecule has 0 bridgehead atoms. The van der Waals surface area contributed by atoms with Crippen LogP contribution in [0.5, 0.6) is 0 Å². The average Bonchev–Trinajstić information content (AvgIpc) is 2.35. The molecule has 0 aromatic carbocycles. The number of hydrogen-bond donors (Lipinski definition) is 1. The Bertz CT molecular complexity index is 341. The summed E-state index contributed by atoms with van der Waals surface area (Å²) in [7, 11) is 0. The number of carboxylic acid groups (broad SMARTS) is 1. The Kier molecular flexibility index (Phi) is 10.5. The summed E-state index contributed by atoms with van der Waals surface area (Å²) in [5.41, 5.74) is 0. The van der Waals surface area contributed by atoms with Crippen molar-refractivity contribution in [1.29, 1.82) is 0 Å². The molecule has 1 N–H and O–H groups in total. The zero-order valence-corrected chi connectivity index (χ0v) is 15.1. The fraction of sp³-hybridized carbons (Fsp3) is 0.875. The molecule has 0 heterocycles. The van der Waals surface area contributed by atoms with Gasteiger partial charge in [-0.05, 0) is 30.6 Å². The predicted octanol–water partition coefficient (Wildman–Crippen LogP) is 2.85. The highest BCUT2D eigenvalue weighted by Crippen LogP contribution is 2.35. The van der Waals surface area contributed by atoms with Crippen LogP contribution in [0.15, 0.2) is 0 Å². The van der Waals surface area contributed by atoms with E-state index in [1.54, 1.807) is 12.5 Å². The second-order valence-corrected chi connectivity index (χ2v) is 7.97. The minimum Gasteiger partial charge on any atom is -0.617 e. The number of carboxylic acids is 1. The number of carbonyl (C=O) groups excluding carboxylic acids is 1. The molecule has 0 saturated heterocycles. The number of rotatable bonds is 5. The van der Waals surface area contributed by atoms with Crippen molar-refractivity contribution in [3.8, 4) is 0 Å². The molecule has 3 atom stereocenters. The lowest BCUT2D eigenvalue weighted by Crippen LogP contribution is -2.35. The fourth-order valence-electron chi connectivity index (χ4n) is 2.69. The van der Waals surface area contributed by atoms with Crippen molar-refractivity contribution in [2.75, 3.05) is 12.5 Å². The van der Waals surface area contributed by atoms with E-state index in [2.05, 4.69) is 20.8 Å². The van der Waals surface area contributed by atoms with Gasteiger partial charge < -0.3 is 14.4 Å². The molecule has 1 fully saturated rings. The maximum Gasteiger partial charge on any atom is 0.306 e. The van der Waals surface area contributed by atoms with Crippen molar-refractivity contribution >= 4 is 23.1 Å². The van der Waals surface area contributed by atoms with E-state index in [0.29, 0.717) is 17.8 Å². The van der Waals surface area contributed by atoms with Gasteiger partial charge >= 0.3 is 11.9 Å². The van der Waals surface area contributed by atoms with Crippen molar-refractivity contribution in [2.24, 2.45) is 17.8 Å². The first-order chi connectivity index (χ1) is 10.1. The van der Waals surface area contributed by atoms with Crippen LogP contribution >= 0.6 is 0 Å². The maximum absolute atomic E-state index is 11.6. The summed E-state index contributed by atoms with van der Waals surface area (Å²) >= 11 is -0.611. The largest absolute Gasteiger partial charge is 0.617 e. The first-order valence-electron chi connectivity index (χ1n) is 7.79. The zero-order valence-electron chi connectivity index (χ0n) is 14.3. The molecule has 1 aliphatic carbocycles. The lowest BCUT2D eigenvalue weighted by molar-refractivity contribution is -0.158. The number of carbonyl (C=O) groups is 2. The quantitative estimate of drug-likeness (QED) is 0.617. The molecule has 0 spiro atoms. The highest BCUT2D eigenvalue weighted by Gasteiger charge is 2.33. The Morgan fingerprint density at radius 2 is 1.82 bits per heavy atom. The van der Waals surface area contributed by atoms with Crippen LogP contribution in [0.3, 0.4) is 0 Å². The maximum atomic E-state index is 11.6. The van der Waals surface area contributed by atoms with Gasteiger partial charge in [0.25, 0.3) is 0 Å². The van der Waals surface area contributed by atoms with Crippen LogP contribution in [0.4, 0.5) is 0 Å². The third kappa shape index (κ3) is 10.1. The number of ether oxygens (including phenoxy) is 1. The van der Waals surface area contributed by atoms with E-state index in [1.807, 2.05) is 0 Å². The van der Waals surface area contributed by atoms with Gasteiger partial charge in [0.05, 0.1) is 25.4 Å². The molecule has 5 nitrogen and oxygen atoms in total. The minimum absolute atomic E-state index is 0.0228. The van der Waals surface area contributed by atoms with Crippen LogP contribution in [-0.4, -0.2) is 40.2 Å². The smallest absolute Gasteiger partial charge is 0.306 e. The lowest BCUT2D eigenvalue weighted by Gasteiger charge is -2.36. The van der Waals surface area contributed by atoms with Gasteiger partial charge in [-0.15, -0.1) is 0 Å². The standard InChI is InChI=1S/C14H24O4.C2H6OS/c1-9(2)11-5-4-10(3)8-12(11)18-14(17)7-6-13(15)16;1-4(2)3/h9-12H,4-8H2,1-3H3,(H,15,16);1-2H3. The monoisotopic (exact) mass is 334 g/mol.